The molecule has 1 aromatic carbocycles. The molecule has 2 amide bonds. The van der Waals surface area contributed by atoms with Crippen molar-refractivity contribution in [2.24, 2.45) is 0 Å². The Morgan fingerprint density at radius 1 is 1.15 bits per heavy atom. The van der Waals surface area contributed by atoms with E-state index < -0.39 is 0 Å². The number of carbonyl (C=O) groups is 3. The number of nitrogens with zero attached hydrogens (tertiary/aromatic N) is 2. The van der Waals surface area contributed by atoms with E-state index in [9.17, 15) is 14.4 Å². The monoisotopic (exact) mass is 470 g/mol. The molecule has 0 saturated carbocycles. The van der Waals surface area contributed by atoms with Crippen molar-refractivity contribution in [3.8, 4) is 0 Å². The molecule has 2 aromatic rings. The van der Waals surface area contributed by atoms with Crippen molar-refractivity contribution in [3.63, 3.8) is 0 Å². The van der Waals surface area contributed by atoms with Crippen LogP contribution in [-0.2, 0) is 25.5 Å². The lowest BCUT2D eigenvalue weighted by Crippen LogP contribution is -2.49. The van der Waals surface area contributed by atoms with Gasteiger partial charge >= 0.3 is 5.97 Å². The topological polar surface area (TPSA) is 66.9 Å². The molecule has 6 nitrogen and oxygen atoms in total. The predicted octanol–water partition coefficient (Wildman–Crippen LogP) is 4.50. The van der Waals surface area contributed by atoms with Gasteiger partial charge in [0.2, 0.25) is 11.8 Å². The quantitative estimate of drug-likeness (QED) is 0.506. The molecule has 0 saturated heterocycles. The van der Waals surface area contributed by atoms with Crippen LogP contribution in [0.15, 0.2) is 35.7 Å². The number of rotatable bonds is 9. The third kappa shape index (κ3) is 6.02. The molecule has 33 heavy (non-hydrogen) atoms. The van der Waals surface area contributed by atoms with Crippen molar-refractivity contribution in [1.82, 2.24) is 9.80 Å². The maximum absolute atomic E-state index is 13.6. The summed E-state index contributed by atoms with van der Waals surface area (Å²) in [5.74, 6) is -0.644. The Bertz CT molecular complexity index is 969. The number of aryl methyl sites for hydroxylation is 1. The molecular weight excluding hydrogens is 436 g/mol. The number of ether oxygens (including phenoxy) is 1. The normalized spacial score (nSPS) is 16.1. The Kier molecular flexibility index (Phi) is 8.67. The Morgan fingerprint density at radius 2 is 1.88 bits per heavy atom. The van der Waals surface area contributed by atoms with Crippen LogP contribution in [0.2, 0.25) is 0 Å². The average molecular weight is 471 g/mol. The summed E-state index contributed by atoms with van der Waals surface area (Å²) in [5.41, 5.74) is 3.43. The molecule has 0 fully saturated rings. The summed E-state index contributed by atoms with van der Waals surface area (Å²) in [6.45, 7) is 8.66. The van der Waals surface area contributed by atoms with Crippen LogP contribution in [0, 0.1) is 6.92 Å². The molecule has 178 valence electrons. The first-order chi connectivity index (χ1) is 15.8. The fourth-order valence-electron chi connectivity index (χ4n) is 4.23. The molecule has 0 radical (unpaired) electrons. The smallest absolute Gasteiger partial charge is 0.306 e. The van der Waals surface area contributed by atoms with Crippen LogP contribution in [0.4, 0.5) is 0 Å². The Balaban J connectivity index is 1.80. The lowest BCUT2D eigenvalue weighted by Gasteiger charge is -2.38. The third-order valence-corrected chi connectivity index (χ3v) is 7.27. The molecule has 0 spiro atoms. The van der Waals surface area contributed by atoms with Gasteiger partial charge in [0.25, 0.3) is 0 Å². The van der Waals surface area contributed by atoms with Crippen LogP contribution >= 0.6 is 11.3 Å². The second kappa shape index (κ2) is 11.5. The van der Waals surface area contributed by atoms with E-state index in [4.69, 9.17) is 4.74 Å². The van der Waals surface area contributed by atoms with Crippen molar-refractivity contribution in [3.05, 3.63) is 57.3 Å². The number of hydrogen-bond donors (Lipinski definition) is 0. The van der Waals surface area contributed by atoms with E-state index in [2.05, 4.69) is 42.6 Å². The van der Waals surface area contributed by atoms with Crippen LogP contribution in [0.3, 0.4) is 0 Å². The van der Waals surface area contributed by atoms with E-state index in [-0.39, 0.29) is 49.3 Å². The van der Waals surface area contributed by atoms with E-state index in [1.54, 1.807) is 23.2 Å². The summed E-state index contributed by atoms with van der Waals surface area (Å²) < 4.78 is 4.95. The third-order valence-electron chi connectivity index (χ3n) is 6.28. The first-order valence-corrected chi connectivity index (χ1v) is 12.6. The molecule has 1 aliphatic heterocycles. The summed E-state index contributed by atoms with van der Waals surface area (Å²) >= 11 is 1.73. The van der Waals surface area contributed by atoms with Gasteiger partial charge in [0.15, 0.2) is 0 Å². The number of benzene rings is 1. The second-order valence-corrected chi connectivity index (χ2v) is 9.53. The highest BCUT2D eigenvalue weighted by Crippen LogP contribution is 2.38. The predicted molar refractivity (Wildman–Crippen MR) is 130 cm³/mol. The van der Waals surface area contributed by atoms with Crippen molar-refractivity contribution < 1.29 is 19.1 Å². The molecule has 3 rings (SSSR count). The lowest BCUT2D eigenvalue weighted by atomic mass is 9.92. The SMILES string of the molecule is CCOC(=O)CCC(=O)N(CC(=O)N1CCc2sccc2C1c1ccc(C)cc1)C(C)CC. The van der Waals surface area contributed by atoms with Gasteiger partial charge in [-0.2, -0.15) is 0 Å². The fourth-order valence-corrected chi connectivity index (χ4v) is 5.13. The molecule has 0 N–H and O–H groups in total. The van der Waals surface area contributed by atoms with E-state index in [0.29, 0.717) is 13.2 Å². The standard InChI is InChI=1S/C26H34N2O4S/c1-5-19(4)28(23(29)11-12-25(31)32-6-2)17-24(30)27-15-13-22-21(14-16-33-22)26(27)20-9-7-18(3)8-10-20/h7-10,14,16,19,26H,5-6,11-13,15,17H2,1-4H3. The molecule has 1 aromatic heterocycles. The van der Waals surface area contributed by atoms with Gasteiger partial charge in [0, 0.05) is 23.9 Å². The van der Waals surface area contributed by atoms with Crippen LogP contribution in [0.1, 0.15) is 67.6 Å². The van der Waals surface area contributed by atoms with Gasteiger partial charge in [0.1, 0.15) is 6.54 Å². The molecule has 2 atom stereocenters. The zero-order valence-electron chi connectivity index (χ0n) is 20.0. The van der Waals surface area contributed by atoms with Gasteiger partial charge in [-0.25, -0.2) is 0 Å². The number of hydrogen-bond acceptors (Lipinski definition) is 5. The van der Waals surface area contributed by atoms with Gasteiger partial charge in [-0.05, 0) is 56.2 Å². The highest BCUT2D eigenvalue weighted by Gasteiger charge is 2.34. The number of amides is 2. The lowest BCUT2D eigenvalue weighted by molar-refractivity contribution is -0.147. The van der Waals surface area contributed by atoms with Gasteiger partial charge in [-0.15, -0.1) is 11.3 Å². The minimum absolute atomic E-state index is 0.0124. The zero-order valence-corrected chi connectivity index (χ0v) is 20.8. The van der Waals surface area contributed by atoms with Crippen LogP contribution in [-0.4, -0.2) is 53.3 Å². The summed E-state index contributed by atoms with van der Waals surface area (Å²) in [4.78, 5) is 43.1. The number of thiophene rings is 1. The molecule has 2 heterocycles. The van der Waals surface area contributed by atoms with Crippen molar-refractivity contribution >= 4 is 29.1 Å². The maximum atomic E-state index is 13.6. The molecule has 7 heteroatoms. The summed E-state index contributed by atoms with van der Waals surface area (Å²) in [7, 11) is 0. The Hall–Kier alpha value is -2.67. The van der Waals surface area contributed by atoms with Crippen LogP contribution < -0.4 is 0 Å². The minimum atomic E-state index is -0.387. The molecule has 0 aliphatic carbocycles. The Morgan fingerprint density at radius 3 is 2.55 bits per heavy atom. The van der Waals surface area contributed by atoms with E-state index in [1.807, 2.05) is 18.7 Å². The first kappa shape index (κ1) is 25.0. The van der Waals surface area contributed by atoms with Crippen molar-refractivity contribution in [1.29, 1.82) is 0 Å². The maximum Gasteiger partial charge on any atom is 0.306 e. The highest BCUT2D eigenvalue weighted by atomic mass is 32.1. The van der Waals surface area contributed by atoms with Crippen LogP contribution in [0.25, 0.3) is 0 Å². The summed E-state index contributed by atoms with van der Waals surface area (Å²) in [6, 6.07) is 10.2. The van der Waals surface area contributed by atoms with Gasteiger partial charge in [0.05, 0.1) is 19.1 Å². The van der Waals surface area contributed by atoms with Gasteiger partial charge in [-0.3, -0.25) is 14.4 Å². The zero-order chi connectivity index (χ0) is 24.0. The fraction of sp³-hybridized carbons (Fsp3) is 0.500. The van der Waals surface area contributed by atoms with E-state index >= 15 is 0 Å². The van der Waals surface area contributed by atoms with Crippen molar-refractivity contribution in [2.75, 3.05) is 19.7 Å². The van der Waals surface area contributed by atoms with E-state index in [1.165, 1.54) is 16.0 Å². The minimum Gasteiger partial charge on any atom is -0.466 e. The highest BCUT2D eigenvalue weighted by molar-refractivity contribution is 7.10. The molecular formula is C26H34N2O4S. The van der Waals surface area contributed by atoms with Gasteiger partial charge in [-0.1, -0.05) is 36.8 Å². The first-order valence-electron chi connectivity index (χ1n) is 11.7. The number of carbonyl (C=O) groups excluding carboxylic acids is 3. The average Bonchev–Trinajstić information content (AvgIpc) is 3.29. The number of esters is 1. The summed E-state index contributed by atoms with van der Waals surface area (Å²) in [5, 5.41) is 2.09. The Labute approximate surface area is 200 Å². The second-order valence-electron chi connectivity index (χ2n) is 8.53. The van der Waals surface area contributed by atoms with Gasteiger partial charge < -0.3 is 14.5 Å². The molecule has 1 aliphatic rings. The van der Waals surface area contributed by atoms with E-state index in [0.717, 1.165) is 18.4 Å². The molecule has 0 bridgehead atoms. The summed E-state index contributed by atoms with van der Waals surface area (Å²) in [6.07, 6.45) is 1.63. The molecule has 2 unspecified atom stereocenters. The number of fused-ring (bicyclic) bond motifs is 1. The largest absolute Gasteiger partial charge is 0.466 e. The van der Waals surface area contributed by atoms with Crippen LogP contribution in [0.5, 0.6) is 0 Å². The van der Waals surface area contributed by atoms with Crippen molar-refractivity contribution in [2.45, 2.75) is 65.5 Å².